The van der Waals surface area contributed by atoms with E-state index in [0.717, 1.165) is 9.88 Å². The van der Waals surface area contributed by atoms with Crippen molar-refractivity contribution in [2.75, 3.05) is 7.11 Å². The summed E-state index contributed by atoms with van der Waals surface area (Å²) in [6, 6.07) is -0.291. The smallest absolute Gasteiger partial charge is 0.322 e. The first kappa shape index (κ1) is 14.1. The molecule has 1 rings (SSSR count). The summed E-state index contributed by atoms with van der Waals surface area (Å²) in [5, 5.41) is 4.22. The van der Waals surface area contributed by atoms with Crippen LogP contribution < -0.4 is 5.32 Å². The molecule has 0 saturated carbocycles. The van der Waals surface area contributed by atoms with Crippen LogP contribution in [0.5, 0.6) is 0 Å². The summed E-state index contributed by atoms with van der Waals surface area (Å²) < 4.78 is 4.65. The molecule has 1 aromatic heterocycles. The van der Waals surface area contributed by atoms with Crippen LogP contribution in [0.3, 0.4) is 0 Å². The van der Waals surface area contributed by atoms with Gasteiger partial charge in [0, 0.05) is 23.0 Å². The molecule has 5 heteroatoms. The van der Waals surface area contributed by atoms with Gasteiger partial charge in [-0.1, -0.05) is 20.8 Å². The lowest BCUT2D eigenvalue weighted by Gasteiger charge is -2.13. The van der Waals surface area contributed by atoms with Gasteiger partial charge in [0.15, 0.2) is 0 Å². The van der Waals surface area contributed by atoms with Crippen molar-refractivity contribution in [2.45, 2.75) is 45.7 Å². The third-order valence-corrected chi connectivity index (χ3v) is 3.76. The van der Waals surface area contributed by atoms with Crippen molar-refractivity contribution in [2.24, 2.45) is 0 Å². The maximum Gasteiger partial charge on any atom is 0.322 e. The first-order valence-corrected chi connectivity index (χ1v) is 6.42. The molecule has 0 saturated heterocycles. The van der Waals surface area contributed by atoms with E-state index in [-0.39, 0.29) is 17.4 Å². The molecule has 96 valence electrons. The molecule has 0 unspecified atom stereocenters. The number of hydrogen-bond donors (Lipinski definition) is 1. The molecule has 0 aliphatic carbocycles. The number of carbonyl (C=O) groups excluding carboxylic acids is 1. The Bertz CT molecular complexity index is 382. The van der Waals surface area contributed by atoms with E-state index in [1.807, 2.05) is 6.20 Å². The Balaban J connectivity index is 2.53. The summed E-state index contributed by atoms with van der Waals surface area (Å²) in [6.45, 7) is 8.85. The maximum atomic E-state index is 11.2. The number of aromatic nitrogens is 1. The molecule has 17 heavy (non-hydrogen) atoms. The lowest BCUT2D eigenvalue weighted by atomic mass is 9.98. The van der Waals surface area contributed by atoms with Gasteiger partial charge in [-0.3, -0.25) is 10.1 Å². The van der Waals surface area contributed by atoms with Crippen LogP contribution in [0.15, 0.2) is 6.20 Å². The number of thiazole rings is 1. The SMILES string of the molecule is COC(=O)[C@@H](C)NCc1cnc(C(C)(C)C)s1. The van der Waals surface area contributed by atoms with Gasteiger partial charge in [-0.2, -0.15) is 0 Å². The molecule has 0 radical (unpaired) electrons. The van der Waals surface area contributed by atoms with Gasteiger partial charge in [0.25, 0.3) is 0 Å². The van der Waals surface area contributed by atoms with Crippen molar-refractivity contribution in [3.8, 4) is 0 Å². The Labute approximate surface area is 106 Å². The van der Waals surface area contributed by atoms with E-state index in [0.29, 0.717) is 6.54 Å². The van der Waals surface area contributed by atoms with E-state index in [1.165, 1.54) is 7.11 Å². The van der Waals surface area contributed by atoms with Gasteiger partial charge in [-0.25, -0.2) is 4.98 Å². The lowest BCUT2D eigenvalue weighted by molar-refractivity contribution is -0.142. The van der Waals surface area contributed by atoms with Crippen LogP contribution in [-0.2, 0) is 21.5 Å². The first-order chi connectivity index (χ1) is 7.84. The van der Waals surface area contributed by atoms with Crippen molar-refractivity contribution in [3.05, 3.63) is 16.1 Å². The van der Waals surface area contributed by atoms with Crippen molar-refractivity contribution in [3.63, 3.8) is 0 Å². The third kappa shape index (κ3) is 4.09. The fourth-order valence-corrected chi connectivity index (χ4v) is 2.17. The van der Waals surface area contributed by atoms with Gasteiger partial charge in [0.1, 0.15) is 6.04 Å². The molecule has 1 heterocycles. The first-order valence-electron chi connectivity index (χ1n) is 5.61. The average Bonchev–Trinajstić information content (AvgIpc) is 2.72. The molecular weight excluding hydrogens is 236 g/mol. The normalized spacial score (nSPS) is 13.5. The highest BCUT2D eigenvalue weighted by molar-refractivity contribution is 7.11. The average molecular weight is 256 g/mol. The monoisotopic (exact) mass is 256 g/mol. The minimum absolute atomic E-state index is 0.0802. The van der Waals surface area contributed by atoms with E-state index in [9.17, 15) is 4.79 Å². The molecule has 4 nitrogen and oxygen atoms in total. The highest BCUT2D eigenvalue weighted by Gasteiger charge is 2.18. The van der Waals surface area contributed by atoms with Gasteiger partial charge in [-0.15, -0.1) is 11.3 Å². The van der Waals surface area contributed by atoms with Crippen LogP contribution in [0.2, 0.25) is 0 Å². The highest BCUT2D eigenvalue weighted by atomic mass is 32.1. The van der Waals surface area contributed by atoms with E-state index in [2.05, 4.69) is 35.8 Å². The summed E-state index contributed by atoms with van der Waals surface area (Å²) in [4.78, 5) is 16.7. The number of esters is 1. The van der Waals surface area contributed by atoms with Crippen LogP contribution in [0.1, 0.15) is 37.6 Å². The van der Waals surface area contributed by atoms with Crippen LogP contribution in [0.4, 0.5) is 0 Å². The Morgan fingerprint density at radius 3 is 2.71 bits per heavy atom. The van der Waals surface area contributed by atoms with Gasteiger partial charge in [-0.05, 0) is 6.92 Å². The van der Waals surface area contributed by atoms with Gasteiger partial charge >= 0.3 is 5.97 Å². The highest BCUT2D eigenvalue weighted by Crippen LogP contribution is 2.26. The zero-order valence-electron chi connectivity index (χ0n) is 11.0. The summed E-state index contributed by atoms with van der Waals surface area (Å²) in [6.07, 6.45) is 1.86. The van der Waals surface area contributed by atoms with E-state index in [1.54, 1.807) is 18.3 Å². The van der Waals surface area contributed by atoms with Crippen LogP contribution in [0, 0.1) is 0 Å². The Morgan fingerprint density at radius 2 is 2.24 bits per heavy atom. The summed E-state index contributed by atoms with van der Waals surface area (Å²) in [7, 11) is 1.39. The molecule has 0 amide bonds. The maximum absolute atomic E-state index is 11.2. The second kappa shape index (κ2) is 5.60. The topological polar surface area (TPSA) is 51.2 Å². The van der Waals surface area contributed by atoms with Gasteiger partial charge in [0.2, 0.25) is 0 Å². The number of carbonyl (C=O) groups is 1. The Kier molecular flexibility index (Phi) is 4.65. The van der Waals surface area contributed by atoms with Crippen molar-refractivity contribution < 1.29 is 9.53 Å². The van der Waals surface area contributed by atoms with Crippen LogP contribution >= 0.6 is 11.3 Å². The molecular formula is C12H20N2O2S. The third-order valence-electron chi connectivity index (χ3n) is 2.33. The summed E-state index contributed by atoms with van der Waals surface area (Å²) >= 11 is 1.68. The fourth-order valence-electron chi connectivity index (χ4n) is 1.25. The zero-order chi connectivity index (χ0) is 13.1. The van der Waals surface area contributed by atoms with Crippen molar-refractivity contribution >= 4 is 17.3 Å². The van der Waals surface area contributed by atoms with Crippen LogP contribution in [-0.4, -0.2) is 24.1 Å². The number of nitrogens with zero attached hydrogens (tertiary/aromatic N) is 1. The van der Waals surface area contributed by atoms with Gasteiger partial charge in [0.05, 0.1) is 12.1 Å². The molecule has 0 aromatic carbocycles. The Morgan fingerprint density at radius 1 is 1.59 bits per heavy atom. The minimum atomic E-state index is -0.291. The molecule has 1 N–H and O–H groups in total. The quantitative estimate of drug-likeness (QED) is 0.838. The van der Waals surface area contributed by atoms with E-state index < -0.39 is 0 Å². The second-order valence-corrected chi connectivity index (χ2v) is 6.12. The fraction of sp³-hybridized carbons (Fsp3) is 0.667. The molecule has 0 aliphatic heterocycles. The minimum Gasteiger partial charge on any atom is -0.468 e. The number of methoxy groups -OCH3 is 1. The molecule has 1 atom stereocenters. The largest absolute Gasteiger partial charge is 0.468 e. The Hall–Kier alpha value is -0.940. The molecule has 0 fully saturated rings. The summed E-state index contributed by atoms with van der Waals surface area (Å²) in [5.41, 5.74) is 0.0802. The molecule has 0 bridgehead atoms. The van der Waals surface area contributed by atoms with E-state index >= 15 is 0 Å². The van der Waals surface area contributed by atoms with Crippen molar-refractivity contribution in [1.29, 1.82) is 0 Å². The predicted octanol–water partition coefficient (Wildman–Crippen LogP) is 2.09. The predicted molar refractivity (Wildman–Crippen MR) is 69.1 cm³/mol. The standard InChI is InChI=1S/C12H20N2O2S/c1-8(10(15)16-5)13-6-9-7-14-11(17-9)12(2,3)4/h7-8,13H,6H2,1-5H3/t8-/m1/s1. The summed E-state index contributed by atoms with van der Waals surface area (Å²) in [5.74, 6) is -0.245. The number of rotatable bonds is 4. The van der Waals surface area contributed by atoms with Crippen molar-refractivity contribution in [1.82, 2.24) is 10.3 Å². The molecule has 1 aromatic rings. The molecule has 0 spiro atoms. The van der Waals surface area contributed by atoms with Gasteiger partial charge < -0.3 is 4.74 Å². The van der Waals surface area contributed by atoms with Crippen LogP contribution in [0.25, 0.3) is 0 Å². The number of hydrogen-bond acceptors (Lipinski definition) is 5. The zero-order valence-corrected chi connectivity index (χ0v) is 11.9. The van der Waals surface area contributed by atoms with E-state index in [4.69, 9.17) is 0 Å². The lowest BCUT2D eigenvalue weighted by Crippen LogP contribution is -2.34. The number of ether oxygens (including phenoxy) is 1. The second-order valence-electron chi connectivity index (χ2n) is 5.01. The number of nitrogens with one attached hydrogen (secondary N) is 1. The molecule has 0 aliphatic rings.